The second-order valence-electron chi connectivity index (χ2n) is 3.94. The summed E-state index contributed by atoms with van der Waals surface area (Å²) in [5.41, 5.74) is 0. The first-order valence-corrected chi connectivity index (χ1v) is 5.37. The summed E-state index contributed by atoms with van der Waals surface area (Å²) >= 11 is 0. The van der Waals surface area contributed by atoms with Crippen LogP contribution >= 0.6 is 0 Å². The fourth-order valence-corrected chi connectivity index (χ4v) is 1.81. The highest BCUT2D eigenvalue weighted by molar-refractivity contribution is 5.88. The lowest BCUT2D eigenvalue weighted by Gasteiger charge is -2.46. The van der Waals surface area contributed by atoms with Gasteiger partial charge in [-0.25, -0.2) is 0 Å². The summed E-state index contributed by atoms with van der Waals surface area (Å²) in [4.78, 5) is 12.8. The van der Waals surface area contributed by atoms with Crippen molar-refractivity contribution in [3.8, 4) is 0 Å². The van der Waals surface area contributed by atoms with E-state index in [1.54, 1.807) is 0 Å². The topological polar surface area (TPSA) is 48.0 Å². The number of halogens is 3. The zero-order valence-corrected chi connectivity index (χ0v) is 10.2. The fraction of sp³-hybridized carbons (Fsp3) is 0.900. The van der Waals surface area contributed by atoms with Gasteiger partial charge in [0.2, 0.25) is 0 Å². The Morgan fingerprint density at radius 2 is 1.94 bits per heavy atom. The van der Waals surface area contributed by atoms with Crippen LogP contribution in [0.25, 0.3) is 0 Å². The monoisotopic (exact) mass is 271 g/mol. The van der Waals surface area contributed by atoms with E-state index in [2.05, 4.69) is 4.74 Å². The molecule has 18 heavy (non-hydrogen) atoms. The summed E-state index contributed by atoms with van der Waals surface area (Å²) in [5, 5.41) is 0. The van der Waals surface area contributed by atoms with Crippen molar-refractivity contribution in [2.75, 3.05) is 27.7 Å². The third kappa shape index (κ3) is 3.82. The molecular weight excluding hydrogens is 255 g/mol. The Labute approximate surface area is 103 Å². The molecule has 1 fully saturated rings. The molecule has 1 aliphatic heterocycles. The van der Waals surface area contributed by atoms with Gasteiger partial charge in [0.05, 0.1) is 6.04 Å². The third-order valence-electron chi connectivity index (χ3n) is 2.63. The first-order valence-electron chi connectivity index (χ1n) is 5.37. The predicted octanol–water partition coefficient (Wildman–Crippen LogP) is 1.13. The van der Waals surface area contributed by atoms with E-state index in [9.17, 15) is 18.0 Å². The smallest absolute Gasteiger partial charge is 0.364 e. The molecule has 0 spiro atoms. The van der Waals surface area contributed by atoms with E-state index in [-0.39, 0.29) is 25.9 Å². The Kier molecular flexibility index (Phi) is 5.36. The number of carbonyl (C=O) groups excluding carboxylic acids is 1. The van der Waals surface area contributed by atoms with Crippen molar-refractivity contribution in [2.24, 2.45) is 0 Å². The maximum Gasteiger partial charge on any atom is 0.389 e. The minimum Gasteiger partial charge on any atom is -0.364 e. The average Bonchev–Trinajstić information content (AvgIpc) is 2.29. The van der Waals surface area contributed by atoms with Crippen LogP contribution in [0.1, 0.15) is 12.8 Å². The summed E-state index contributed by atoms with van der Waals surface area (Å²) in [5.74, 6) is -0.374. The van der Waals surface area contributed by atoms with Crippen LogP contribution in [0.4, 0.5) is 13.2 Å². The number of hydrogen-bond donors (Lipinski definition) is 0. The van der Waals surface area contributed by atoms with Crippen LogP contribution < -0.4 is 0 Å². The van der Waals surface area contributed by atoms with Gasteiger partial charge in [-0.3, -0.25) is 4.79 Å². The van der Waals surface area contributed by atoms with Gasteiger partial charge in [-0.05, 0) is 6.42 Å². The van der Waals surface area contributed by atoms with Crippen molar-refractivity contribution < 1.29 is 32.2 Å². The highest BCUT2D eigenvalue weighted by atomic mass is 19.4. The Morgan fingerprint density at radius 1 is 1.28 bits per heavy atom. The van der Waals surface area contributed by atoms with Crippen molar-refractivity contribution in [3.05, 3.63) is 0 Å². The summed E-state index contributed by atoms with van der Waals surface area (Å²) in [6.45, 7) is -0.159. The molecule has 0 aromatic carbocycles. The highest BCUT2D eigenvalue weighted by Gasteiger charge is 2.49. The van der Waals surface area contributed by atoms with Crippen LogP contribution in [0.5, 0.6) is 0 Å². The Morgan fingerprint density at radius 3 is 2.44 bits per heavy atom. The van der Waals surface area contributed by atoms with E-state index in [1.807, 2.05) is 0 Å². The molecular formula is C10H16F3NO4. The lowest BCUT2D eigenvalue weighted by molar-refractivity contribution is -0.202. The van der Waals surface area contributed by atoms with Crippen LogP contribution in [-0.4, -0.2) is 56.9 Å². The SMILES string of the molecule is COCO[C@H]1C(=O)N(COC)[C@H]1CCC(F)(F)F. The molecule has 0 aromatic rings. The number of rotatable bonds is 7. The Hall–Kier alpha value is -0.860. The molecule has 0 aliphatic carbocycles. The molecule has 0 bridgehead atoms. The number of likely N-dealkylation sites (tertiary alicyclic amines) is 1. The quantitative estimate of drug-likeness (QED) is 0.514. The summed E-state index contributed by atoms with van der Waals surface area (Å²) in [6, 6.07) is -0.616. The lowest BCUT2D eigenvalue weighted by Crippen LogP contribution is -2.66. The number of methoxy groups -OCH3 is 2. The second-order valence-corrected chi connectivity index (χ2v) is 3.94. The first-order chi connectivity index (χ1) is 8.40. The maximum atomic E-state index is 12.2. The molecule has 1 amide bonds. The number of β-lactam (4-membered cyclic amide) rings is 1. The van der Waals surface area contributed by atoms with E-state index >= 15 is 0 Å². The average molecular weight is 271 g/mol. The molecule has 0 N–H and O–H groups in total. The maximum absolute atomic E-state index is 12.2. The van der Waals surface area contributed by atoms with Gasteiger partial charge in [-0.1, -0.05) is 0 Å². The molecule has 1 saturated heterocycles. The van der Waals surface area contributed by atoms with E-state index in [1.165, 1.54) is 19.1 Å². The van der Waals surface area contributed by atoms with Crippen molar-refractivity contribution >= 4 is 5.91 Å². The van der Waals surface area contributed by atoms with Crippen LogP contribution in [0.15, 0.2) is 0 Å². The molecule has 0 unspecified atom stereocenters. The largest absolute Gasteiger partial charge is 0.389 e. The molecule has 0 radical (unpaired) electrons. The number of nitrogens with zero attached hydrogens (tertiary/aromatic N) is 1. The van der Waals surface area contributed by atoms with Crippen molar-refractivity contribution in [1.29, 1.82) is 0 Å². The van der Waals surface area contributed by atoms with Gasteiger partial charge in [-0.15, -0.1) is 0 Å². The van der Waals surface area contributed by atoms with Crippen molar-refractivity contribution in [1.82, 2.24) is 4.90 Å². The van der Waals surface area contributed by atoms with Crippen LogP contribution in [0.3, 0.4) is 0 Å². The second kappa shape index (κ2) is 6.35. The van der Waals surface area contributed by atoms with Gasteiger partial charge in [0.15, 0.2) is 6.10 Å². The molecule has 2 atom stereocenters. The molecule has 1 heterocycles. The minimum atomic E-state index is -4.25. The fourth-order valence-electron chi connectivity index (χ4n) is 1.81. The Bertz CT molecular complexity index is 285. The number of ether oxygens (including phenoxy) is 3. The minimum absolute atomic E-state index is 0.0335. The lowest BCUT2D eigenvalue weighted by atomic mass is 9.94. The number of carbonyl (C=O) groups is 1. The highest BCUT2D eigenvalue weighted by Crippen LogP contribution is 2.31. The van der Waals surface area contributed by atoms with E-state index < -0.39 is 24.7 Å². The predicted molar refractivity (Wildman–Crippen MR) is 54.5 cm³/mol. The molecule has 0 saturated carbocycles. The molecule has 0 aromatic heterocycles. The van der Waals surface area contributed by atoms with Gasteiger partial charge in [0.1, 0.15) is 13.5 Å². The van der Waals surface area contributed by atoms with Crippen LogP contribution in [-0.2, 0) is 19.0 Å². The standard InChI is InChI=1S/C10H16F3NO4/c1-16-5-14-7(3-4-10(11,12)13)8(9(14)15)18-6-17-2/h7-8H,3-6H2,1-2H3/t7-,8+/m0/s1. The van der Waals surface area contributed by atoms with Gasteiger partial charge in [0, 0.05) is 20.6 Å². The van der Waals surface area contributed by atoms with Crippen molar-refractivity contribution in [3.63, 3.8) is 0 Å². The van der Waals surface area contributed by atoms with Gasteiger partial charge in [-0.2, -0.15) is 13.2 Å². The van der Waals surface area contributed by atoms with Gasteiger partial charge >= 0.3 is 6.18 Å². The van der Waals surface area contributed by atoms with E-state index in [0.717, 1.165) is 0 Å². The molecule has 1 rings (SSSR count). The van der Waals surface area contributed by atoms with E-state index in [0.29, 0.717) is 0 Å². The summed E-state index contributed by atoms with van der Waals surface area (Å²) in [7, 11) is 2.75. The number of amides is 1. The normalized spacial score (nSPS) is 24.3. The Balaban J connectivity index is 2.53. The molecule has 1 aliphatic rings. The molecule has 8 heteroatoms. The number of hydrogen-bond acceptors (Lipinski definition) is 4. The summed E-state index contributed by atoms with van der Waals surface area (Å²) in [6.07, 6.45) is -6.28. The third-order valence-corrected chi connectivity index (χ3v) is 2.63. The molecule has 5 nitrogen and oxygen atoms in total. The zero-order valence-electron chi connectivity index (χ0n) is 10.2. The number of alkyl halides is 3. The summed E-state index contributed by atoms with van der Waals surface area (Å²) < 4.78 is 51.0. The van der Waals surface area contributed by atoms with Crippen LogP contribution in [0, 0.1) is 0 Å². The van der Waals surface area contributed by atoms with Crippen molar-refractivity contribution in [2.45, 2.75) is 31.2 Å². The first kappa shape index (κ1) is 15.2. The van der Waals surface area contributed by atoms with Gasteiger partial charge in [0.25, 0.3) is 5.91 Å². The zero-order chi connectivity index (χ0) is 13.8. The van der Waals surface area contributed by atoms with Gasteiger partial charge < -0.3 is 19.1 Å². The molecule has 106 valence electrons. The van der Waals surface area contributed by atoms with Crippen LogP contribution in [0.2, 0.25) is 0 Å². The van der Waals surface area contributed by atoms with E-state index in [4.69, 9.17) is 9.47 Å².